The highest BCUT2D eigenvalue weighted by atomic mass is 79.9. The molecule has 2 aromatic rings. The van der Waals surface area contributed by atoms with Crippen LogP contribution in [0.3, 0.4) is 0 Å². The number of ketones is 1. The van der Waals surface area contributed by atoms with Crippen molar-refractivity contribution < 1.29 is 24.0 Å². The van der Waals surface area contributed by atoms with E-state index in [0.717, 1.165) is 4.47 Å². The third-order valence-corrected chi connectivity index (χ3v) is 4.21. The zero-order chi connectivity index (χ0) is 20.5. The Morgan fingerprint density at radius 1 is 1.00 bits per heavy atom. The number of amides is 1. The van der Waals surface area contributed by atoms with Crippen LogP contribution < -0.4 is 5.32 Å². The summed E-state index contributed by atoms with van der Waals surface area (Å²) in [4.78, 5) is 45.5. The number of nitro groups is 1. The van der Waals surface area contributed by atoms with Crippen molar-refractivity contribution >= 4 is 45.0 Å². The topological polar surface area (TPSA) is 116 Å². The minimum atomic E-state index is -0.591. The summed E-state index contributed by atoms with van der Waals surface area (Å²) in [5.41, 5.74) is 0.742. The van der Waals surface area contributed by atoms with Gasteiger partial charge in [0, 0.05) is 40.7 Å². The second-order valence-corrected chi connectivity index (χ2v) is 6.71. The van der Waals surface area contributed by atoms with E-state index in [4.69, 9.17) is 4.74 Å². The molecule has 0 aliphatic carbocycles. The fourth-order valence-electron chi connectivity index (χ4n) is 2.22. The van der Waals surface area contributed by atoms with E-state index in [1.54, 1.807) is 24.3 Å². The van der Waals surface area contributed by atoms with Crippen molar-refractivity contribution in [3.05, 3.63) is 68.7 Å². The van der Waals surface area contributed by atoms with Gasteiger partial charge in [-0.15, -0.1) is 0 Å². The lowest BCUT2D eigenvalue weighted by atomic mass is 10.1. The largest absolute Gasteiger partial charge is 0.457 e. The number of rotatable bonds is 9. The number of carbonyl (C=O) groups excluding carboxylic acids is 3. The van der Waals surface area contributed by atoms with Gasteiger partial charge in [-0.05, 0) is 42.8 Å². The van der Waals surface area contributed by atoms with E-state index in [0.29, 0.717) is 5.69 Å². The molecule has 0 aliphatic rings. The summed E-state index contributed by atoms with van der Waals surface area (Å²) in [6, 6.07) is 12.1. The summed E-state index contributed by atoms with van der Waals surface area (Å²) >= 11 is 3.30. The number of hydrogen-bond donors (Lipinski definition) is 1. The van der Waals surface area contributed by atoms with Crippen LogP contribution in [-0.2, 0) is 14.3 Å². The van der Waals surface area contributed by atoms with Gasteiger partial charge in [0.25, 0.3) is 5.69 Å². The Morgan fingerprint density at radius 3 is 2.25 bits per heavy atom. The molecule has 0 radical (unpaired) electrons. The van der Waals surface area contributed by atoms with Gasteiger partial charge < -0.3 is 10.1 Å². The van der Waals surface area contributed by atoms with Gasteiger partial charge in [-0.2, -0.15) is 0 Å². The number of anilines is 1. The fraction of sp³-hybridized carbons (Fsp3) is 0.211. The molecule has 146 valence electrons. The molecule has 0 heterocycles. The third kappa shape index (κ3) is 6.92. The Balaban J connectivity index is 1.67. The molecular weight excluding hydrogens is 432 g/mol. The van der Waals surface area contributed by atoms with E-state index in [2.05, 4.69) is 21.2 Å². The summed E-state index contributed by atoms with van der Waals surface area (Å²) in [5, 5.41) is 13.3. The normalized spacial score (nSPS) is 10.2. The Labute approximate surface area is 169 Å². The van der Waals surface area contributed by atoms with E-state index in [1.807, 2.05) is 0 Å². The van der Waals surface area contributed by atoms with Crippen LogP contribution in [0.1, 0.15) is 29.6 Å². The summed E-state index contributed by atoms with van der Waals surface area (Å²) in [7, 11) is 0. The molecule has 1 amide bonds. The number of Topliss-reactive ketones (excluding diaryl/α,β-unsaturated/α-hetero) is 1. The van der Waals surface area contributed by atoms with Gasteiger partial charge in [0.2, 0.25) is 5.91 Å². The molecule has 0 saturated heterocycles. The quantitative estimate of drug-likeness (QED) is 0.269. The van der Waals surface area contributed by atoms with Crippen molar-refractivity contribution in [2.75, 3.05) is 11.9 Å². The van der Waals surface area contributed by atoms with Crippen molar-refractivity contribution in [3.63, 3.8) is 0 Å². The lowest BCUT2D eigenvalue weighted by Crippen LogP contribution is -2.15. The first kappa shape index (κ1) is 21.2. The van der Waals surface area contributed by atoms with Crippen molar-refractivity contribution in [2.45, 2.75) is 19.3 Å². The zero-order valence-electron chi connectivity index (χ0n) is 14.7. The average Bonchev–Trinajstić information content (AvgIpc) is 2.68. The van der Waals surface area contributed by atoms with Gasteiger partial charge >= 0.3 is 5.97 Å². The lowest BCUT2D eigenvalue weighted by molar-refractivity contribution is -0.384. The predicted molar refractivity (Wildman–Crippen MR) is 105 cm³/mol. The van der Waals surface area contributed by atoms with E-state index < -0.39 is 23.3 Å². The Kier molecular flexibility index (Phi) is 7.82. The van der Waals surface area contributed by atoms with Crippen LogP contribution in [-0.4, -0.2) is 29.2 Å². The highest BCUT2D eigenvalue weighted by Crippen LogP contribution is 2.15. The molecular formula is C19H17BrN2O6. The standard InChI is InChI=1S/C19H17BrN2O6/c20-14-6-8-15(9-7-14)21-18(24)2-1-3-19(25)28-12-17(23)13-4-10-16(11-5-13)22(26)27/h4-11H,1-3,12H2,(H,21,24). The maximum Gasteiger partial charge on any atom is 0.306 e. The molecule has 2 rings (SSSR count). The molecule has 0 saturated carbocycles. The van der Waals surface area contributed by atoms with E-state index in [9.17, 15) is 24.5 Å². The number of ether oxygens (including phenoxy) is 1. The van der Waals surface area contributed by atoms with Crippen LogP contribution in [0.4, 0.5) is 11.4 Å². The van der Waals surface area contributed by atoms with Crippen molar-refractivity contribution in [3.8, 4) is 0 Å². The molecule has 0 spiro atoms. The molecule has 0 unspecified atom stereocenters. The summed E-state index contributed by atoms with van der Waals surface area (Å²) in [5.74, 6) is -1.28. The molecule has 0 fully saturated rings. The lowest BCUT2D eigenvalue weighted by Gasteiger charge is -2.06. The van der Waals surface area contributed by atoms with Gasteiger partial charge in [0.05, 0.1) is 4.92 Å². The number of nitro benzene ring substituents is 1. The fourth-order valence-corrected chi connectivity index (χ4v) is 2.48. The molecule has 9 heteroatoms. The number of nitrogens with zero attached hydrogens (tertiary/aromatic N) is 1. The van der Waals surface area contributed by atoms with Crippen molar-refractivity contribution in [2.24, 2.45) is 0 Å². The number of carbonyl (C=O) groups is 3. The summed E-state index contributed by atoms with van der Waals surface area (Å²) in [6.45, 7) is -0.457. The number of nitrogens with one attached hydrogen (secondary N) is 1. The minimum absolute atomic E-state index is 0.00129. The second-order valence-electron chi connectivity index (χ2n) is 5.80. The Morgan fingerprint density at radius 2 is 1.64 bits per heavy atom. The average molecular weight is 449 g/mol. The van der Waals surface area contributed by atoms with Crippen LogP contribution in [0.5, 0.6) is 0 Å². The van der Waals surface area contributed by atoms with Crippen LogP contribution in [0.2, 0.25) is 0 Å². The molecule has 28 heavy (non-hydrogen) atoms. The minimum Gasteiger partial charge on any atom is -0.457 e. The summed E-state index contributed by atoms with van der Waals surface area (Å²) in [6.07, 6.45) is 0.426. The molecule has 0 aliphatic heterocycles. The zero-order valence-corrected chi connectivity index (χ0v) is 16.3. The maximum absolute atomic E-state index is 11.9. The first-order chi connectivity index (χ1) is 13.3. The number of hydrogen-bond acceptors (Lipinski definition) is 6. The molecule has 0 aromatic heterocycles. The monoisotopic (exact) mass is 448 g/mol. The number of esters is 1. The predicted octanol–water partition coefficient (Wildman–Crippen LogP) is 3.89. The van der Waals surface area contributed by atoms with Crippen LogP contribution >= 0.6 is 15.9 Å². The van der Waals surface area contributed by atoms with Crippen molar-refractivity contribution in [1.29, 1.82) is 0 Å². The molecule has 0 atom stereocenters. The van der Waals surface area contributed by atoms with E-state index in [-0.39, 0.29) is 36.4 Å². The van der Waals surface area contributed by atoms with E-state index in [1.165, 1.54) is 24.3 Å². The van der Waals surface area contributed by atoms with Gasteiger partial charge in [0.1, 0.15) is 0 Å². The summed E-state index contributed by atoms with van der Waals surface area (Å²) < 4.78 is 5.79. The first-order valence-corrected chi connectivity index (χ1v) is 9.13. The SMILES string of the molecule is O=C(CCCC(=O)OCC(=O)c1ccc([N+](=O)[O-])cc1)Nc1ccc(Br)cc1. The van der Waals surface area contributed by atoms with Crippen LogP contribution in [0, 0.1) is 10.1 Å². The molecule has 8 nitrogen and oxygen atoms in total. The maximum atomic E-state index is 11.9. The van der Waals surface area contributed by atoms with E-state index >= 15 is 0 Å². The Hall–Kier alpha value is -3.07. The molecule has 0 bridgehead atoms. The van der Waals surface area contributed by atoms with Gasteiger partial charge in [0.15, 0.2) is 12.4 Å². The molecule has 2 aromatic carbocycles. The highest BCUT2D eigenvalue weighted by molar-refractivity contribution is 9.10. The first-order valence-electron chi connectivity index (χ1n) is 8.34. The molecule has 1 N–H and O–H groups in total. The number of non-ortho nitro benzene ring substituents is 1. The van der Waals surface area contributed by atoms with Crippen molar-refractivity contribution in [1.82, 2.24) is 0 Å². The van der Waals surface area contributed by atoms with Gasteiger partial charge in [-0.1, -0.05) is 15.9 Å². The third-order valence-electron chi connectivity index (χ3n) is 3.68. The second kappa shape index (κ2) is 10.3. The number of halogens is 1. The van der Waals surface area contributed by atoms with Gasteiger partial charge in [-0.25, -0.2) is 0 Å². The number of benzene rings is 2. The van der Waals surface area contributed by atoms with Crippen LogP contribution in [0.15, 0.2) is 53.0 Å². The van der Waals surface area contributed by atoms with Crippen LogP contribution in [0.25, 0.3) is 0 Å². The highest BCUT2D eigenvalue weighted by Gasteiger charge is 2.13. The van der Waals surface area contributed by atoms with Gasteiger partial charge in [-0.3, -0.25) is 24.5 Å². The smallest absolute Gasteiger partial charge is 0.306 e. The Bertz CT molecular complexity index is 865.